The number of nitrogens with zero attached hydrogens (tertiary/aromatic N) is 4. The first-order valence-electron chi connectivity index (χ1n) is 24.8. The van der Waals surface area contributed by atoms with Crippen LogP contribution in [0.1, 0.15) is 0 Å². The normalized spacial score (nSPS) is 11.3. The van der Waals surface area contributed by atoms with Gasteiger partial charge in [0.25, 0.3) is 0 Å². The van der Waals surface area contributed by atoms with E-state index in [1.807, 2.05) is 12.1 Å². The molecule has 0 spiro atoms. The van der Waals surface area contributed by atoms with Gasteiger partial charge in [0, 0.05) is 38.6 Å². The molecule has 0 saturated carbocycles. The topological polar surface area (TPSA) is 43.6 Å². The van der Waals surface area contributed by atoms with Gasteiger partial charge in [-0.1, -0.05) is 231 Å². The molecular weight excluding hydrogens is 885 g/mol. The van der Waals surface area contributed by atoms with Gasteiger partial charge in [0.05, 0.1) is 16.7 Å². The first kappa shape index (κ1) is 43.3. The Morgan fingerprint density at radius 3 is 0.849 bits per heavy atom. The number of aromatic nitrogens is 4. The van der Waals surface area contributed by atoms with E-state index in [-0.39, 0.29) is 0 Å². The van der Waals surface area contributed by atoms with Crippen molar-refractivity contribution in [1.82, 2.24) is 19.5 Å². The van der Waals surface area contributed by atoms with Crippen LogP contribution in [-0.2, 0) is 0 Å². The lowest BCUT2D eigenvalue weighted by atomic mass is 9.92. The fraction of sp³-hybridized carbons (Fsp3) is 0. The maximum atomic E-state index is 5.42. The molecule has 11 aromatic carbocycles. The zero-order valence-electron chi connectivity index (χ0n) is 39.8. The summed E-state index contributed by atoms with van der Waals surface area (Å²) in [5.41, 5.74) is 19.4. The Labute approximate surface area is 424 Å². The van der Waals surface area contributed by atoms with Crippen molar-refractivity contribution in [3.05, 3.63) is 279 Å². The highest BCUT2D eigenvalue weighted by Crippen LogP contribution is 2.45. The summed E-state index contributed by atoms with van der Waals surface area (Å²) in [5.74, 6) is 1.78. The van der Waals surface area contributed by atoms with Crippen LogP contribution >= 0.6 is 0 Å². The van der Waals surface area contributed by atoms with E-state index in [1.54, 1.807) is 0 Å². The summed E-state index contributed by atoms with van der Waals surface area (Å²) >= 11 is 0. The largest absolute Gasteiger partial charge is 0.308 e. The Bertz CT molecular complexity index is 3840. The predicted octanol–water partition coefficient (Wildman–Crippen LogP) is 18.0. The minimum atomic E-state index is 0.582. The lowest BCUT2D eigenvalue weighted by Crippen LogP contribution is -2.04. The third kappa shape index (κ3) is 8.37. The zero-order valence-corrected chi connectivity index (χ0v) is 39.8. The van der Waals surface area contributed by atoms with Crippen LogP contribution in [0.25, 0.3) is 128 Å². The van der Waals surface area contributed by atoms with Gasteiger partial charge in [-0.05, 0) is 104 Å². The summed E-state index contributed by atoms with van der Waals surface area (Å²) in [7, 11) is 0. The Kier molecular flexibility index (Phi) is 11.2. The zero-order chi connectivity index (χ0) is 48.5. The van der Waals surface area contributed by atoms with Gasteiger partial charge >= 0.3 is 0 Å². The van der Waals surface area contributed by atoms with E-state index < -0.39 is 0 Å². The highest BCUT2D eigenvalue weighted by molar-refractivity contribution is 6.13. The van der Waals surface area contributed by atoms with Crippen LogP contribution in [-0.4, -0.2) is 19.5 Å². The average Bonchev–Trinajstić information content (AvgIpc) is 3.81. The maximum absolute atomic E-state index is 5.42. The van der Waals surface area contributed by atoms with Gasteiger partial charge < -0.3 is 4.57 Å². The average molecular weight is 931 g/mol. The predicted molar refractivity (Wildman–Crippen MR) is 303 cm³/mol. The molecule has 0 amide bonds. The number of hydrogen-bond acceptors (Lipinski definition) is 3. The fourth-order valence-corrected chi connectivity index (χ4v) is 10.3. The number of fused-ring (bicyclic) bond motifs is 3. The van der Waals surface area contributed by atoms with Crippen molar-refractivity contribution in [2.45, 2.75) is 0 Å². The van der Waals surface area contributed by atoms with Gasteiger partial charge in [-0.15, -0.1) is 0 Å². The summed E-state index contributed by atoms with van der Waals surface area (Å²) in [6.07, 6.45) is 0. The molecule has 0 atom stereocenters. The summed E-state index contributed by atoms with van der Waals surface area (Å²) in [4.78, 5) is 16.1. The fourth-order valence-electron chi connectivity index (χ4n) is 10.3. The molecule has 0 unspecified atom stereocenters. The van der Waals surface area contributed by atoms with E-state index in [2.05, 4.69) is 271 Å². The molecule has 0 aliphatic heterocycles. The minimum absolute atomic E-state index is 0.582. The molecule has 0 saturated heterocycles. The molecule has 0 bridgehead atoms. The van der Waals surface area contributed by atoms with Crippen molar-refractivity contribution in [2.24, 2.45) is 0 Å². The number of benzene rings is 11. The highest BCUT2D eigenvalue weighted by atomic mass is 15.0. The van der Waals surface area contributed by atoms with E-state index in [4.69, 9.17) is 15.0 Å². The van der Waals surface area contributed by atoms with Gasteiger partial charge in [0.1, 0.15) is 0 Å². The Balaban J connectivity index is 1.09. The molecule has 2 aromatic heterocycles. The van der Waals surface area contributed by atoms with Crippen molar-refractivity contribution in [3.8, 4) is 107 Å². The maximum Gasteiger partial charge on any atom is 0.164 e. The summed E-state index contributed by atoms with van der Waals surface area (Å²) < 4.78 is 2.48. The quantitative estimate of drug-likeness (QED) is 0.137. The Morgan fingerprint density at radius 1 is 0.205 bits per heavy atom. The van der Waals surface area contributed by atoms with Crippen LogP contribution in [0.15, 0.2) is 279 Å². The van der Waals surface area contributed by atoms with E-state index in [0.717, 1.165) is 77.9 Å². The molecule has 2 heterocycles. The van der Waals surface area contributed by atoms with Crippen LogP contribution in [0.4, 0.5) is 0 Å². The third-order valence-corrected chi connectivity index (χ3v) is 13.8. The molecule has 0 N–H and O–H groups in total. The van der Waals surface area contributed by atoms with E-state index in [1.165, 1.54) is 33.0 Å². The van der Waals surface area contributed by atoms with Gasteiger partial charge in [-0.25, -0.2) is 15.0 Å². The minimum Gasteiger partial charge on any atom is -0.308 e. The molecule has 0 fully saturated rings. The molecule has 13 aromatic rings. The van der Waals surface area contributed by atoms with Crippen LogP contribution in [0.5, 0.6) is 0 Å². The molecule has 73 heavy (non-hydrogen) atoms. The number of rotatable bonds is 10. The van der Waals surface area contributed by atoms with Crippen LogP contribution in [0.2, 0.25) is 0 Å². The van der Waals surface area contributed by atoms with Crippen LogP contribution in [0, 0.1) is 0 Å². The standard InChI is InChI=1S/C69H46N4/c1-7-21-47(22-8-1)53-33-19-35-57(41-53)67-70-68(58-36-20-34-54(42-58)48-23-9-2-10-24-48)72-69(71-67)59-45-60(51-29-15-5-16-30-51)66(61(46-59)52-31-17-6-18-32-52)73-64-39-37-55(49-25-11-3-12-26-49)43-62(64)63-44-56(38-40-65(63)73)50-27-13-4-14-28-50/h1-46H. The SMILES string of the molecule is c1ccc(-c2cccc(-c3nc(-c4cccc(-c5ccccc5)c4)nc(-c4cc(-c5ccccc5)c(-n5c6ccc(-c7ccccc7)cc6c6cc(-c7ccccc7)ccc65)c(-c5ccccc5)c4)n3)c2)cc1. The highest BCUT2D eigenvalue weighted by Gasteiger charge is 2.24. The van der Waals surface area contributed by atoms with Crippen molar-refractivity contribution < 1.29 is 0 Å². The molecule has 342 valence electrons. The second kappa shape index (κ2) is 18.9. The monoisotopic (exact) mass is 930 g/mol. The van der Waals surface area contributed by atoms with Gasteiger partial charge in [-0.2, -0.15) is 0 Å². The van der Waals surface area contributed by atoms with E-state index in [9.17, 15) is 0 Å². The van der Waals surface area contributed by atoms with Gasteiger partial charge in [0.2, 0.25) is 0 Å². The Morgan fingerprint density at radius 2 is 0.493 bits per heavy atom. The van der Waals surface area contributed by atoms with Crippen molar-refractivity contribution in [3.63, 3.8) is 0 Å². The van der Waals surface area contributed by atoms with Gasteiger partial charge in [-0.3, -0.25) is 0 Å². The van der Waals surface area contributed by atoms with Crippen LogP contribution in [0.3, 0.4) is 0 Å². The van der Waals surface area contributed by atoms with Crippen LogP contribution < -0.4 is 0 Å². The van der Waals surface area contributed by atoms with E-state index in [0.29, 0.717) is 17.5 Å². The molecule has 4 nitrogen and oxygen atoms in total. The van der Waals surface area contributed by atoms with Gasteiger partial charge in [0.15, 0.2) is 17.5 Å². The molecule has 0 aliphatic rings. The lowest BCUT2D eigenvalue weighted by Gasteiger charge is -2.21. The first-order valence-corrected chi connectivity index (χ1v) is 24.8. The molecule has 4 heteroatoms. The number of hydrogen-bond donors (Lipinski definition) is 0. The summed E-state index contributed by atoms with van der Waals surface area (Å²) in [5, 5.41) is 2.36. The summed E-state index contributed by atoms with van der Waals surface area (Å²) in [6, 6.07) is 99.2. The molecular formula is C69H46N4. The Hall–Kier alpha value is -9.77. The third-order valence-electron chi connectivity index (χ3n) is 13.8. The smallest absolute Gasteiger partial charge is 0.164 e. The molecule has 0 radical (unpaired) electrons. The summed E-state index contributed by atoms with van der Waals surface area (Å²) in [6.45, 7) is 0. The first-order chi connectivity index (χ1) is 36.2. The second-order valence-electron chi connectivity index (χ2n) is 18.4. The van der Waals surface area contributed by atoms with E-state index >= 15 is 0 Å². The van der Waals surface area contributed by atoms with Crippen molar-refractivity contribution >= 4 is 21.8 Å². The van der Waals surface area contributed by atoms with Crippen molar-refractivity contribution in [1.29, 1.82) is 0 Å². The molecule has 13 rings (SSSR count). The lowest BCUT2D eigenvalue weighted by molar-refractivity contribution is 1.07. The molecule has 0 aliphatic carbocycles. The van der Waals surface area contributed by atoms with Crippen molar-refractivity contribution in [2.75, 3.05) is 0 Å². The second-order valence-corrected chi connectivity index (χ2v) is 18.4.